The number of aliphatic carboxylic acids is 1. The largest absolute Gasteiger partial charge is 0.478 e. The molecule has 0 amide bonds. The van der Waals surface area contributed by atoms with E-state index in [9.17, 15) is 4.79 Å². The van der Waals surface area contributed by atoms with Gasteiger partial charge in [0.15, 0.2) is 0 Å². The molecule has 3 heteroatoms. The lowest BCUT2D eigenvalue weighted by Gasteiger charge is -2.06. The second kappa shape index (κ2) is 7.83. The van der Waals surface area contributed by atoms with Gasteiger partial charge in [0.1, 0.15) is 0 Å². The van der Waals surface area contributed by atoms with Crippen LogP contribution in [0.2, 0.25) is 0 Å². The Balaban J connectivity index is 2.07. The first kappa shape index (κ1) is 16.3. The molecule has 1 aromatic carbocycles. The first-order valence-corrected chi connectivity index (χ1v) is 8.08. The van der Waals surface area contributed by atoms with Gasteiger partial charge in [-0.05, 0) is 48.9 Å². The van der Waals surface area contributed by atoms with Crippen molar-refractivity contribution in [3.63, 3.8) is 0 Å². The van der Waals surface area contributed by atoms with Gasteiger partial charge in [0.25, 0.3) is 0 Å². The van der Waals surface area contributed by atoms with Crippen LogP contribution in [0, 0.1) is 0 Å². The van der Waals surface area contributed by atoms with Crippen LogP contribution in [-0.4, -0.2) is 15.6 Å². The monoisotopic (exact) mass is 299 g/mol. The van der Waals surface area contributed by atoms with E-state index >= 15 is 0 Å². The molecule has 0 fully saturated rings. The van der Waals surface area contributed by atoms with E-state index in [1.165, 1.54) is 42.7 Å². The molecule has 0 aliphatic heterocycles. The second-order valence-corrected chi connectivity index (χ2v) is 5.97. The molecule has 0 saturated carbocycles. The number of carboxylic acid groups (broad SMARTS) is 1. The fraction of sp³-hybridized carbons (Fsp3) is 0.421. The summed E-state index contributed by atoms with van der Waals surface area (Å²) in [6, 6.07) is 8.56. The Kier molecular flexibility index (Phi) is 5.82. The zero-order valence-electron chi connectivity index (χ0n) is 13.5. The van der Waals surface area contributed by atoms with Crippen molar-refractivity contribution in [3.8, 4) is 0 Å². The molecule has 118 valence electrons. The third kappa shape index (κ3) is 4.48. The maximum Gasteiger partial charge on any atom is 0.328 e. The Morgan fingerprint density at radius 3 is 2.77 bits per heavy atom. The van der Waals surface area contributed by atoms with E-state index in [4.69, 9.17) is 5.11 Å². The summed E-state index contributed by atoms with van der Waals surface area (Å²) in [5, 5.41) is 10.0. The van der Waals surface area contributed by atoms with Gasteiger partial charge < -0.3 is 9.67 Å². The van der Waals surface area contributed by atoms with Crippen molar-refractivity contribution in [1.82, 2.24) is 4.57 Å². The maximum absolute atomic E-state index is 10.7. The summed E-state index contributed by atoms with van der Waals surface area (Å²) < 4.78 is 2.31. The summed E-state index contributed by atoms with van der Waals surface area (Å²) in [5.41, 5.74) is 3.29. The minimum absolute atomic E-state index is 0.684. The minimum atomic E-state index is -0.878. The Morgan fingerprint density at radius 1 is 1.23 bits per heavy atom. The number of nitrogens with zero attached hydrogens (tertiary/aromatic N) is 1. The van der Waals surface area contributed by atoms with Crippen molar-refractivity contribution in [2.24, 2.45) is 0 Å². The van der Waals surface area contributed by atoms with E-state index in [0.717, 1.165) is 17.7 Å². The van der Waals surface area contributed by atoms with Gasteiger partial charge in [-0.1, -0.05) is 37.8 Å². The van der Waals surface area contributed by atoms with E-state index in [1.54, 1.807) is 0 Å². The SMILES string of the molecule is CCCCCCn1ccc2cc(CC(C)=CC(=O)O)ccc21. The molecule has 22 heavy (non-hydrogen) atoms. The molecule has 1 aromatic heterocycles. The normalized spacial score (nSPS) is 12.0. The van der Waals surface area contributed by atoms with Crippen molar-refractivity contribution >= 4 is 16.9 Å². The van der Waals surface area contributed by atoms with E-state index in [-0.39, 0.29) is 0 Å². The number of carboxylic acids is 1. The topological polar surface area (TPSA) is 42.2 Å². The standard InChI is InChI=1S/C19H25NO2/c1-3-4-5-6-10-20-11-9-17-14-16(7-8-18(17)20)12-15(2)13-19(21)22/h7-9,11,13-14H,3-6,10,12H2,1-2H3,(H,21,22). The lowest BCUT2D eigenvalue weighted by Crippen LogP contribution is -1.96. The zero-order valence-corrected chi connectivity index (χ0v) is 13.5. The average molecular weight is 299 g/mol. The molecule has 0 unspecified atom stereocenters. The predicted octanol–water partition coefficient (Wildman–Crippen LogP) is 4.80. The van der Waals surface area contributed by atoms with Crippen LogP contribution in [0.4, 0.5) is 0 Å². The third-order valence-electron chi connectivity index (χ3n) is 3.94. The van der Waals surface area contributed by atoms with E-state index in [2.05, 4.69) is 42.0 Å². The Labute approximate surface area is 132 Å². The molecular weight excluding hydrogens is 274 g/mol. The Morgan fingerprint density at radius 2 is 2.05 bits per heavy atom. The van der Waals surface area contributed by atoms with Crippen LogP contribution < -0.4 is 0 Å². The quantitative estimate of drug-likeness (QED) is 0.562. The van der Waals surface area contributed by atoms with Crippen LogP contribution in [0.25, 0.3) is 10.9 Å². The lowest BCUT2D eigenvalue weighted by molar-refractivity contribution is -0.131. The lowest BCUT2D eigenvalue weighted by atomic mass is 10.0. The number of hydrogen-bond acceptors (Lipinski definition) is 1. The summed E-state index contributed by atoms with van der Waals surface area (Å²) in [4.78, 5) is 10.7. The van der Waals surface area contributed by atoms with Crippen LogP contribution in [0.3, 0.4) is 0 Å². The number of hydrogen-bond donors (Lipinski definition) is 1. The fourth-order valence-electron chi connectivity index (χ4n) is 2.85. The van der Waals surface area contributed by atoms with Gasteiger partial charge in [0, 0.05) is 24.3 Å². The van der Waals surface area contributed by atoms with E-state index in [1.807, 2.05) is 6.92 Å². The summed E-state index contributed by atoms with van der Waals surface area (Å²) in [7, 11) is 0. The average Bonchev–Trinajstić information content (AvgIpc) is 2.85. The van der Waals surface area contributed by atoms with Crippen molar-refractivity contribution in [1.29, 1.82) is 0 Å². The molecule has 2 rings (SSSR count). The highest BCUT2D eigenvalue weighted by Crippen LogP contribution is 2.20. The molecule has 0 saturated heterocycles. The number of aromatic nitrogens is 1. The molecule has 0 spiro atoms. The van der Waals surface area contributed by atoms with E-state index in [0.29, 0.717) is 6.42 Å². The first-order chi connectivity index (χ1) is 10.6. The van der Waals surface area contributed by atoms with Gasteiger partial charge in [0.05, 0.1) is 0 Å². The molecular formula is C19H25NO2. The van der Waals surface area contributed by atoms with Crippen LogP contribution in [0.1, 0.15) is 45.1 Å². The molecule has 1 N–H and O–H groups in total. The molecule has 0 aliphatic carbocycles. The van der Waals surface area contributed by atoms with Crippen LogP contribution in [-0.2, 0) is 17.8 Å². The molecule has 3 nitrogen and oxygen atoms in total. The number of benzene rings is 1. The van der Waals surface area contributed by atoms with Gasteiger partial charge in [-0.25, -0.2) is 4.79 Å². The second-order valence-electron chi connectivity index (χ2n) is 5.97. The van der Waals surface area contributed by atoms with Crippen LogP contribution in [0.15, 0.2) is 42.1 Å². The number of fused-ring (bicyclic) bond motifs is 1. The van der Waals surface area contributed by atoms with Crippen molar-refractivity contribution in [2.45, 2.75) is 52.5 Å². The zero-order chi connectivity index (χ0) is 15.9. The van der Waals surface area contributed by atoms with Gasteiger partial charge >= 0.3 is 5.97 Å². The number of allylic oxidation sites excluding steroid dienone is 1. The summed E-state index contributed by atoms with van der Waals surface area (Å²) in [6.45, 7) is 5.16. The highest BCUT2D eigenvalue weighted by Gasteiger charge is 2.04. The number of rotatable bonds is 8. The van der Waals surface area contributed by atoms with E-state index < -0.39 is 5.97 Å². The maximum atomic E-state index is 10.7. The highest BCUT2D eigenvalue weighted by molar-refractivity contribution is 5.82. The highest BCUT2D eigenvalue weighted by atomic mass is 16.4. The Bertz CT molecular complexity index is 667. The summed E-state index contributed by atoms with van der Waals surface area (Å²) in [5.74, 6) is -0.878. The summed E-state index contributed by atoms with van der Waals surface area (Å²) >= 11 is 0. The predicted molar refractivity (Wildman–Crippen MR) is 91.2 cm³/mol. The van der Waals surface area contributed by atoms with Crippen molar-refractivity contribution in [2.75, 3.05) is 0 Å². The van der Waals surface area contributed by atoms with Gasteiger partial charge in [0.2, 0.25) is 0 Å². The van der Waals surface area contributed by atoms with Gasteiger partial charge in [-0.2, -0.15) is 0 Å². The number of aryl methyl sites for hydroxylation is 1. The first-order valence-electron chi connectivity index (χ1n) is 8.08. The van der Waals surface area contributed by atoms with Gasteiger partial charge in [-0.15, -0.1) is 0 Å². The molecule has 2 aromatic rings. The summed E-state index contributed by atoms with van der Waals surface area (Å²) in [6.07, 6.45) is 9.19. The molecule has 0 radical (unpaired) electrons. The smallest absolute Gasteiger partial charge is 0.328 e. The molecule has 0 aliphatic rings. The van der Waals surface area contributed by atoms with Crippen molar-refractivity contribution in [3.05, 3.63) is 47.7 Å². The Hall–Kier alpha value is -2.03. The fourth-order valence-corrected chi connectivity index (χ4v) is 2.85. The van der Waals surface area contributed by atoms with Gasteiger partial charge in [-0.3, -0.25) is 0 Å². The minimum Gasteiger partial charge on any atom is -0.478 e. The molecule has 0 atom stereocenters. The van der Waals surface area contributed by atoms with Crippen molar-refractivity contribution < 1.29 is 9.90 Å². The van der Waals surface area contributed by atoms with Crippen LogP contribution in [0.5, 0.6) is 0 Å². The number of carbonyl (C=O) groups is 1. The molecule has 0 bridgehead atoms. The number of unbranched alkanes of at least 4 members (excludes halogenated alkanes) is 3. The van der Waals surface area contributed by atoms with Crippen LogP contribution >= 0.6 is 0 Å². The molecule has 1 heterocycles. The third-order valence-corrected chi connectivity index (χ3v) is 3.94.